The van der Waals surface area contributed by atoms with Crippen LogP contribution in [0.15, 0.2) is 41.2 Å². The second kappa shape index (κ2) is 8.81. The monoisotopic (exact) mass is 394 g/mol. The van der Waals surface area contributed by atoms with Gasteiger partial charge in [-0.15, -0.1) is 0 Å². The number of H-pyrrole nitrogens is 1. The van der Waals surface area contributed by atoms with Gasteiger partial charge in [-0.1, -0.05) is 44.2 Å². The minimum atomic E-state index is -0.317. The maximum absolute atomic E-state index is 12.7. The Kier molecular flexibility index (Phi) is 6.21. The van der Waals surface area contributed by atoms with Crippen LogP contribution in [-0.4, -0.2) is 30.6 Å². The highest BCUT2D eigenvalue weighted by molar-refractivity contribution is 5.76. The fourth-order valence-electron chi connectivity index (χ4n) is 3.14. The molecule has 8 nitrogen and oxygen atoms in total. The van der Waals surface area contributed by atoms with E-state index in [1.807, 2.05) is 51.1 Å². The summed E-state index contributed by atoms with van der Waals surface area (Å²) < 4.78 is 1.58. The van der Waals surface area contributed by atoms with Crippen LogP contribution >= 0.6 is 0 Å². The SMILES string of the molecule is Cc1nc(C)n(CC(=O)NC(Cc2cc(=O)[nH]c(C(C)C)n2)c2ccccc2)n1. The number of aryl methyl sites for hydroxylation is 2. The molecule has 0 aliphatic heterocycles. The lowest BCUT2D eigenvalue weighted by molar-refractivity contribution is -0.122. The lowest BCUT2D eigenvalue weighted by Crippen LogP contribution is -2.33. The molecule has 0 fully saturated rings. The minimum Gasteiger partial charge on any atom is -0.347 e. The Labute approximate surface area is 169 Å². The Morgan fingerprint density at radius 2 is 1.90 bits per heavy atom. The van der Waals surface area contributed by atoms with Crippen LogP contribution < -0.4 is 10.9 Å². The fraction of sp³-hybridized carbons (Fsp3) is 0.381. The van der Waals surface area contributed by atoms with E-state index >= 15 is 0 Å². The summed E-state index contributed by atoms with van der Waals surface area (Å²) >= 11 is 0. The van der Waals surface area contributed by atoms with Crippen molar-refractivity contribution in [3.63, 3.8) is 0 Å². The molecule has 3 rings (SSSR count). The predicted molar refractivity (Wildman–Crippen MR) is 109 cm³/mol. The van der Waals surface area contributed by atoms with Crippen LogP contribution in [0.2, 0.25) is 0 Å². The van der Waals surface area contributed by atoms with Gasteiger partial charge in [0.05, 0.1) is 11.7 Å². The first-order chi connectivity index (χ1) is 13.8. The first kappa shape index (κ1) is 20.4. The lowest BCUT2D eigenvalue weighted by Gasteiger charge is -2.20. The molecule has 0 aliphatic rings. The van der Waals surface area contributed by atoms with Crippen LogP contribution in [0, 0.1) is 13.8 Å². The zero-order valence-corrected chi connectivity index (χ0v) is 17.1. The smallest absolute Gasteiger partial charge is 0.251 e. The van der Waals surface area contributed by atoms with Crippen molar-refractivity contribution in [3.05, 3.63) is 75.5 Å². The Morgan fingerprint density at radius 1 is 1.17 bits per heavy atom. The van der Waals surface area contributed by atoms with Crippen LogP contribution in [0.5, 0.6) is 0 Å². The predicted octanol–water partition coefficient (Wildman–Crippen LogP) is 2.20. The quantitative estimate of drug-likeness (QED) is 0.639. The number of hydrogen-bond acceptors (Lipinski definition) is 5. The van der Waals surface area contributed by atoms with Gasteiger partial charge in [-0.25, -0.2) is 14.6 Å². The van der Waals surface area contributed by atoms with Gasteiger partial charge in [0.2, 0.25) is 5.91 Å². The minimum absolute atomic E-state index is 0.0794. The second-order valence-electron chi connectivity index (χ2n) is 7.38. The second-order valence-corrected chi connectivity index (χ2v) is 7.38. The van der Waals surface area contributed by atoms with Gasteiger partial charge in [0, 0.05) is 18.4 Å². The van der Waals surface area contributed by atoms with Crippen molar-refractivity contribution < 1.29 is 4.79 Å². The van der Waals surface area contributed by atoms with Gasteiger partial charge in [-0.05, 0) is 19.4 Å². The van der Waals surface area contributed by atoms with E-state index < -0.39 is 0 Å². The van der Waals surface area contributed by atoms with Crippen molar-refractivity contribution in [2.45, 2.75) is 52.6 Å². The Balaban J connectivity index is 1.83. The average Bonchev–Trinajstić information content (AvgIpc) is 2.98. The molecule has 1 amide bonds. The van der Waals surface area contributed by atoms with Gasteiger partial charge in [-0.2, -0.15) is 5.10 Å². The number of hydrogen-bond donors (Lipinski definition) is 2. The van der Waals surface area contributed by atoms with Crippen molar-refractivity contribution in [3.8, 4) is 0 Å². The molecular weight excluding hydrogens is 368 g/mol. The third-order valence-electron chi connectivity index (χ3n) is 4.57. The molecule has 8 heteroatoms. The number of rotatable bonds is 7. The summed E-state index contributed by atoms with van der Waals surface area (Å²) in [5.74, 6) is 1.88. The largest absolute Gasteiger partial charge is 0.347 e. The maximum atomic E-state index is 12.7. The van der Waals surface area contributed by atoms with Crippen molar-refractivity contribution in [1.82, 2.24) is 30.0 Å². The number of carbonyl (C=O) groups is 1. The summed E-state index contributed by atoms with van der Waals surface area (Å²) in [5, 5.41) is 7.30. The molecule has 0 aliphatic carbocycles. The Morgan fingerprint density at radius 3 is 2.52 bits per heavy atom. The molecule has 29 heavy (non-hydrogen) atoms. The molecule has 0 saturated carbocycles. The number of aromatic amines is 1. The summed E-state index contributed by atoms with van der Waals surface area (Å²) in [6, 6.07) is 10.8. The molecule has 2 N–H and O–H groups in total. The number of carbonyl (C=O) groups excluding carboxylic acids is 1. The van der Waals surface area contributed by atoms with Crippen LogP contribution in [-0.2, 0) is 17.8 Å². The molecule has 1 atom stereocenters. The summed E-state index contributed by atoms with van der Waals surface area (Å²) in [7, 11) is 0. The van der Waals surface area contributed by atoms with Gasteiger partial charge in [0.25, 0.3) is 5.56 Å². The highest BCUT2D eigenvalue weighted by Gasteiger charge is 2.18. The third-order valence-corrected chi connectivity index (χ3v) is 4.57. The van der Waals surface area contributed by atoms with E-state index in [9.17, 15) is 9.59 Å². The highest BCUT2D eigenvalue weighted by atomic mass is 16.2. The molecule has 0 bridgehead atoms. The van der Waals surface area contributed by atoms with Gasteiger partial charge >= 0.3 is 0 Å². The van der Waals surface area contributed by atoms with Crippen LogP contribution in [0.3, 0.4) is 0 Å². The first-order valence-electron chi connectivity index (χ1n) is 9.64. The summed E-state index contributed by atoms with van der Waals surface area (Å²) in [5.41, 5.74) is 1.39. The van der Waals surface area contributed by atoms with Crippen LogP contribution in [0.4, 0.5) is 0 Å². The summed E-state index contributed by atoms with van der Waals surface area (Å²) in [4.78, 5) is 36.3. The fourth-order valence-corrected chi connectivity index (χ4v) is 3.14. The molecule has 0 radical (unpaired) electrons. The van der Waals surface area contributed by atoms with E-state index in [-0.39, 0.29) is 30.0 Å². The maximum Gasteiger partial charge on any atom is 0.251 e. The van der Waals surface area contributed by atoms with E-state index in [1.165, 1.54) is 6.07 Å². The molecule has 1 aromatic carbocycles. The zero-order valence-electron chi connectivity index (χ0n) is 17.1. The average molecular weight is 394 g/mol. The summed E-state index contributed by atoms with van der Waals surface area (Å²) in [6.07, 6.45) is 0.411. The van der Waals surface area contributed by atoms with E-state index in [0.717, 1.165) is 5.56 Å². The van der Waals surface area contributed by atoms with Crippen LogP contribution in [0.1, 0.15) is 54.5 Å². The van der Waals surface area contributed by atoms with Gasteiger partial charge in [0.15, 0.2) is 0 Å². The van der Waals surface area contributed by atoms with Crippen molar-refractivity contribution in [2.75, 3.05) is 0 Å². The first-order valence-corrected chi connectivity index (χ1v) is 9.64. The third kappa shape index (κ3) is 5.37. The number of nitrogens with one attached hydrogen (secondary N) is 2. The lowest BCUT2D eigenvalue weighted by atomic mass is 10.0. The van der Waals surface area contributed by atoms with Crippen molar-refractivity contribution >= 4 is 5.91 Å². The normalized spacial score (nSPS) is 12.2. The molecule has 2 aromatic heterocycles. The zero-order chi connectivity index (χ0) is 21.0. The van der Waals surface area contributed by atoms with Gasteiger partial charge in [0.1, 0.15) is 24.0 Å². The molecular formula is C21H26N6O2. The van der Waals surface area contributed by atoms with Crippen molar-refractivity contribution in [2.24, 2.45) is 0 Å². The molecule has 0 saturated heterocycles. The Bertz CT molecular complexity index is 1040. The van der Waals surface area contributed by atoms with E-state index in [2.05, 4.69) is 25.4 Å². The molecule has 2 heterocycles. The number of benzene rings is 1. The van der Waals surface area contributed by atoms with Gasteiger partial charge < -0.3 is 10.3 Å². The number of nitrogens with zero attached hydrogens (tertiary/aromatic N) is 4. The van der Waals surface area contributed by atoms with E-state index in [1.54, 1.807) is 11.6 Å². The Hall–Kier alpha value is -3.29. The van der Waals surface area contributed by atoms with Gasteiger partial charge in [-0.3, -0.25) is 9.59 Å². The standard InChI is InChI=1S/C21H26N6O2/c1-13(2)21-23-17(11-19(28)25-21)10-18(16-8-6-5-7-9-16)24-20(29)12-27-15(4)22-14(3)26-27/h5-9,11,13,18H,10,12H2,1-4H3,(H,24,29)(H,23,25,28). The topological polar surface area (TPSA) is 106 Å². The van der Waals surface area contributed by atoms with E-state index in [0.29, 0.717) is 29.6 Å². The number of amides is 1. The molecule has 3 aromatic rings. The summed E-state index contributed by atoms with van der Waals surface area (Å²) in [6.45, 7) is 7.63. The highest BCUT2D eigenvalue weighted by Crippen LogP contribution is 2.18. The molecule has 152 valence electrons. The van der Waals surface area contributed by atoms with Crippen LogP contribution in [0.25, 0.3) is 0 Å². The van der Waals surface area contributed by atoms with Crippen molar-refractivity contribution in [1.29, 1.82) is 0 Å². The molecule has 1 unspecified atom stereocenters. The molecule has 0 spiro atoms. The van der Waals surface area contributed by atoms with E-state index in [4.69, 9.17) is 0 Å². The number of aromatic nitrogens is 5.